The lowest BCUT2D eigenvalue weighted by Gasteiger charge is -2.10. The summed E-state index contributed by atoms with van der Waals surface area (Å²) in [6, 6.07) is 6.18. The molecule has 0 fully saturated rings. The van der Waals surface area contributed by atoms with Crippen LogP contribution in [-0.4, -0.2) is 25.0 Å². The highest BCUT2D eigenvalue weighted by Crippen LogP contribution is 2.19. The van der Waals surface area contributed by atoms with Gasteiger partial charge in [0.1, 0.15) is 0 Å². The Labute approximate surface area is 93.6 Å². The van der Waals surface area contributed by atoms with E-state index in [-0.39, 0.29) is 5.56 Å². The summed E-state index contributed by atoms with van der Waals surface area (Å²) in [5, 5.41) is 0. The third-order valence-corrected chi connectivity index (χ3v) is 2.08. The summed E-state index contributed by atoms with van der Waals surface area (Å²) in [6.07, 6.45) is -2.45. The van der Waals surface area contributed by atoms with Gasteiger partial charge in [0.05, 0.1) is 6.54 Å². The number of nitrogens with zero attached hydrogens (tertiary/aromatic N) is 2. The zero-order valence-electron chi connectivity index (χ0n) is 9.32. The van der Waals surface area contributed by atoms with E-state index < -0.39 is 6.43 Å². The van der Waals surface area contributed by atoms with E-state index >= 15 is 0 Å². The van der Waals surface area contributed by atoms with Crippen molar-refractivity contribution in [3.63, 3.8) is 0 Å². The molecule has 16 heavy (non-hydrogen) atoms. The maximum atomic E-state index is 12.4. The highest BCUT2D eigenvalue weighted by molar-refractivity contribution is 5.77. The van der Waals surface area contributed by atoms with Crippen LogP contribution < -0.4 is 5.73 Å². The van der Waals surface area contributed by atoms with E-state index in [1.165, 1.54) is 12.1 Å². The van der Waals surface area contributed by atoms with Gasteiger partial charge in [-0.25, -0.2) is 13.8 Å². The monoisotopic (exact) mass is 227 g/mol. The van der Waals surface area contributed by atoms with E-state index in [4.69, 9.17) is 5.73 Å². The normalized spacial score (nSPS) is 11.9. The summed E-state index contributed by atoms with van der Waals surface area (Å²) in [5.74, 6) is 0.377. The second kappa shape index (κ2) is 5.44. The number of benzene rings is 1. The van der Waals surface area contributed by atoms with Crippen molar-refractivity contribution in [2.45, 2.75) is 13.0 Å². The van der Waals surface area contributed by atoms with E-state index in [0.29, 0.717) is 12.5 Å². The summed E-state index contributed by atoms with van der Waals surface area (Å²) < 4.78 is 24.8. The number of nitrogens with two attached hydrogens (primary N) is 1. The molecule has 3 nitrogen and oxygen atoms in total. The maximum Gasteiger partial charge on any atom is 0.263 e. The van der Waals surface area contributed by atoms with Crippen LogP contribution in [0.2, 0.25) is 0 Å². The largest absolute Gasteiger partial charge is 0.370 e. The summed E-state index contributed by atoms with van der Waals surface area (Å²) in [4.78, 5) is 5.73. The second-order valence-electron chi connectivity index (χ2n) is 3.61. The van der Waals surface area contributed by atoms with Crippen molar-refractivity contribution in [2.24, 2.45) is 10.7 Å². The van der Waals surface area contributed by atoms with Crippen molar-refractivity contribution in [2.75, 3.05) is 14.1 Å². The molecule has 0 saturated carbocycles. The molecule has 5 heteroatoms. The van der Waals surface area contributed by atoms with Gasteiger partial charge in [0.2, 0.25) is 0 Å². The van der Waals surface area contributed by atoms with Crippen molar-refractivity contribution in [3.05, 3.63) is 35.4 Å². The fourth-order valence-corrected chi connectivity index (χ4v) is 1.14. The average Bonchev–Trinajstić information content (AvgIpc) is 2.26. The molecule has 2 N–H and O–H groups in total. The number of guanidine groups is 1. The fraction of sp³-hybridized carbons (Fsp3) is 0.364. The van der Waals surface area contributed by atoms with Gasteiger partial charge in [0, 0.05) is 19.7 Å². The number of hydrogen-bond donors (Lipinski definition) is 1. The first-order chi connectivity index (χ1) is 7.50. The molecule has 0 aliphatic heterocycles. The van der Waals surface area contributed by atoms with Crippen molar-refractivity contribution in [1.82, 2.24) is 4.90 Å². The van der Waals surface area contributed by atoms with Crippen LogP contribution in [0.1, 0.15) is 17.6 Å². The molecule has 0 saturated heterocycles. The molecule has 0 aliphatic carbocycles. The Morgan fingerprint density at radius 1 is 1.44 bits per heavy atom. The number of rotatable bonds is 3. The second-order valence-corrected chi connectivity index (χ2v) is 3.61. The lowest BCUT2D eigenvalue weighted by atomic mass is 10.1. The van der Waals surface area contributed by atoms with Crippen LogP contribution in [-0.2, 0) is 6.54 Å². The Bertz CT molecular complexity index is 375. The molecule has 0 radical (unpaired) electrons. The van der Waals surface area contributed by atoms with Crippen molar-refractivity contribution in [1.29, 1.82) is 0 Å². The fourth-order valence-electron chi connectivity index (χ4n) is 1.14. The van der Waals surface area contributed by atoms with Crippen LogP contribution in [0, 0.1) is 0 Å². The van der Waals surface area contributed by atoms with E-state index in [2.05, 4.69) is 4.99 Å². The van der Waals surface area contributed by atoms with Crippen molar-refractivity contribution < 1.29 is 8.78 Å². The van der Waals surface area contributed by atoms with Crippen LogP contribution in [0.3, 0.4) is 0 Å². The van der Waals surface area contributed by atoms with Crippen LogP contribution in [0.15, 0.2) is 29.3 Å². The molecule has 88 valence electrons. The Kier molecular flexibility index (Phi) is 4.22. The highest BCUT2D eigenvalue weighted by Gasteiger charge is 2.06. The summed E-state index contributed by atoms with van der Waals surface area (Å²) in [6.45, 7) is 0.310. The van der Waals surface area contributed by atoms with E-state index in [1.54, 1.807) is 31.1 Å². The average molecular weight is 227 g/mol. The number of hydrogen-bond acceptors (Lipinski definition) is 1. The van der Waals surface area contributed by atoms with E-state index in [1.807, 2.05) is 0 Å². The zero-order valence-corrected chi connectivity index (χ0v) is 9.32. The minimum absolute atomic E-state index is 0.0103. The van der Waals surface area contributed by atoms with Gasteiger partial charge in [0.25, 0.3) is 6.43 Å². The number of alkyl halides is 2. The molecule has 0 aliphatic rings. The van der Waals surface area contributed by atoms with Gasteiger partial charge in [-0.1, -0.05) is 18.2 Å². The van der Waals surface area contributed by atoms with E-state index in [0.717, 1.165) is 5.56 Å². The van der Waals surface area contributed by atoms with Crippen molar-refractivity contribution >= 4 is 5.96 Å². The molecular weight excluding hydrogens is 212 g/mol. The summed E-state index contributed by atoms with van der Waals surface area (Å²) in [5.41, 5.74) is 6.32. The number of halogens is 2. The summed E-state index contributed by atoms with van der Waals surface area (Å²) in [7, 11) is 3.54. The van der Waals surface area contributed by atoms with Gasteiger partial charge >= 0.3 is 0 Å². The Hall–Kier alpha value is -1.65. The third-order valence-electron chi connectivity index (χ3n) is 2.08. The first kappa shape index (κ1) is 12.4. The van der Waals surface area contributed by atoms with Gasteiger partial charge in [-0.05, 0) is 11.6 Å². The summed E-state index contributed by atoms with van der Waals surface area (Å²) >= 11 is 0. The molecule has 0 amide bonds. The molecule has 0 bridgehead atoms. The van der Waals surface area contributed by atoms with Crippen LogP contribution >= 0.6 is 0 Å². The number of aliphatic imine (C=N–C) groups is 1. The van der Waals surface area contributed by atoms with E-state index in [9.17, 15) is 8.78 Å². The molecule has 0 heterocycles. The quantitative estimate of drug-likeness (QED) is 0.634. The van der Waals surface area contributed by atoms with Gasteiger partial charge in [0.15, 0.2) is 5.96 Å². The van der Waals surface area contributed by atoms with Gasteiger partial charge in [-0.2, -0.15) is 0 Å². The van der Waals surface area contributed by atoms with Crippen molar-refractivity contribution in [3.8, 4) is 0 Å². The predicted octanol–water partition coefficient (Wildman–Crippen LogP) is 2.00. The first-order valence-corrected chi connectivity index (χ1v) is 4.85. The molecule has 1 rings (SSSR count). The SMILES string of the molecule is CN(C)C(N)=NCc1cccc(C(F)F)c1. The van der Waals surface area contributed by atoms with Gasteiger partial charge in [-0.3, -0.25) is 0 Å². The third kappa shape index (κ3) is 3.49. The lowest BCUT2D eigenvalue weighted by molar-refractivity contribution is 0.151. The highest BCUT2D eigenvalue weighted by atomic mass is 19.3. The minimum atomic E-state index is -2.45. The standard InChI is InChI=1S/C11H15F2N3/c1-16(2)11(14)15-7-8-4-3-5-9(6-8)10(12)13/h3-6,10H,7H2,1-2H3,(H2,14,15). The van der Waals surface area contributed by atoms with Crippen LogP contribution in [0.4, 0.5) is 8.78 Å². The maximum absolute atomic E-state index is 12.4. The molecule has 0 aromatic heterocycles. The minimum Gasteiger partial charge on any atom is -0.370 e. The Balaban J connectivity index is 2.75. The van der Waals surface area contributed by atoms with Crippen LogP contribution in [0.25, 0.3) is 0 Å². The Morgan fingerprint density at radius 3 is 2.69 bits per heavy atom. The van der Waals surface area contributed by atoms with Crippen LogP contribution in [0.5, 0.6) is 0 Å². The Morgan fingerprint density at radius 2 is 2.12 bits per heavy atom. The molecule has 0 spiro atoms. The molecule has 0 unspecified atom stereocenters. The van der Waals surface area contributed by atoms with Gasteiger partial charge in [-0.15, -0.1) is 0 Å². The van der Waals surface area contributed by atoms with Gasteiger partial charge < -0.3 is 10.6 Å². The zero-order chi connectivity index (χ0) is 12.1. The predicted molar refractivity (Wildman–Crippen MR) is 60.4 cm³/mol. The molecule has 1 aromatic carbocycles. The lowest BCUT2D eigenvalue weighted by Crippen LogP contribution is -2.30. The molecule has 0 atom stereocenters. The molecule has 1 aromatic rings. The first-order valence-electron chi connectivity index (χ1n) is 4.85. The topological polar surface area (TPSA) is 41.6 Å². The molecular formula is C11H15F2N3. The smallest absolute Gasteiger partial charge is 0.263 e.